The molecular formula is C21H22FN5O2. The number of halogens is 1. The molecular weight excluding hydrogens is 373 g/mol. The van der Waals surface area contributed by atoms with Gasteiger partial charge in [-0.3, -0.25) is 4.98 Å². The van der Waals surface area contributed by atoms with E-state index in [9.17, 15) is 5.11 Å². The molecule has 3 aromatic rings. The van der Waals surface area contributed by atoms with Crippen molar-refractivity contribution in [3.05, 3.63) is 35.8 Å². The zero-order valence-electron chi connectivity index (χ0n) is 16.3. The van der Waals surface area contributed by atoms with Crippen molar-refractivity contribution in [2.75, 3.05) is 25.1 Å². The van der Waals surface area contributed by atoms with Crippen molar-refractivity contribution in [2.24, 2.45) is 0 Å². The molecule has 150 valence electrons. The minimum absolute atomic E-state index is 0.0179. The molecule has 2 aliphatic rings. The summed E-state index contributed by atoms with van der Waals surface area (Å²) in [5, 5.41) is 14.4. The number of phenolic OH excluding ortho intramolecular Hbond substituents is 1. The fourth-order valence-electron chi connectivity index (χ4n) is 4.46. The van der Waals surface area contributed by atoms with Gasteiger partial charge in [-0.2, -0.15) is 9.97 Å². The van der Waals surface area contributed by atoms with Crippen LogP contribution in [0.1, 0.15) is 18.4 Å². The minimum atomic E-state index is -0.591. The fraction of sp³-hybridized carbons (Fsp3) is 0.381. The summed E-state index contributed by atoms with van der Waals surface area (Å²) in [6, 6.07) is 5.98. The SMILES string of the molecule is COc1nc(N2CC3CCC(C2)N3)c2cnc(-c3c(C)cccc3O)c(F)c2n1. The van der Waals surface area contributed by atoms with E-state index in [1.165, 1.54) is 13.2 Å². The van der Waals surface area contributed by atoms with Gasteiger partial charge in [-0.25, -0.2) is 4.39 Å². The number of benzene rings is 1. The summed E-state index contributed by atoms with van der Waals surface area (Å²) in [6.07, 6.45) is 3.85. The van der Waals surface area contributed by atoms with E-state index < -0.39 is 5.82 Å². The number of fused-ring (bicyclic) bond motifs is 3. The van der Waals surface area contributed by atoms with Crippen LogP contribution in [0.25, 0.3) is 22.2 Å². The molecule has 5 rings (SSSR count). The van der Waals surface area contributed by atoms with Crippen molar-refractivity contribution in [3.63, 3.8) is 0 Å². The number of hydrogen-bond donors (Lipinski definition) is 2. The van der Waals surface area contributed by atoms with Crippen LogP contribution in [-0.4, -0.2) is 52.3 Å². The lowest BCUT2D eigenvalue weighted by Gasteiger charge is -2.34. The zero-order chi connectivity index (χ0) is 20.1. The third-order valence-electron chi connectivity index (χ3n) is 5.83. The molecule has 0 amide bonds. The average molecular weight is 395 g/mol. The molecule has 4 heterocycles. The highest BCUT2D eigenvalue weighted by Gasteiger charge is 2.34. The van der Waals surface area contributed by atoms with Crippen molar-refractivity contribution in [1.29, 1.82) is 0 Å². The second-order valence-corrected chi connectivity index (χ2v) is 7.73. The van der Waals surface area contributed by atoms with Gasteiger partial charge in [0, 0.05) is 36.9 Å². The molecule has 2 N–H and O–H groups in total. The lowest BCUT2D eigenvalue weighted by Crippen LogP contribution is -2.51. The smallest absolute Gasteiger partial charge is 0.318 e. The first-order chi connectivity index (χ1) is 14.0. The summed E-state index contributed by atoms with van der Waals surface area (Å²) < 4.78 is 20.9. The third-order valence-corrected chi connectivity index (χ3v) is 5.83. The number of rotatable bonds is 3. The van der Waals surface area contributed by atoms with E-state index in [2.05, 4.69) is 25.2 Å². The number of piperazine rings is 1. The molecule has 0 spiro atoms. The van der Waals surface area contributed by atoms with E-state index in [0.717, 1.165) is 31.5 Å². The normalized spacial score (nSPS) is 21.0. The van der Waals surface area contributed by atoms with E-state index in [1.807, 2.05) is 13.0 Å². The molecule has 2 aliphatic heterocycles. The number of nitrogens with zero attached hydrogens (tertiary/aromatic N) is 4. The van der Waals surface area contributed by atoms with Crippen LogP contribution in [0.5, 0.6) is 11.8 Å². The van der Waals surface area contributed by atoms with Crippen LogP contribution in [0, 0.1) is 12.7 Å². The summed E-state index contributed by atoms with van der Waals surface area (Å²) >= 11 is 0. The van der Waals surface area contributed by atoms with Gasteiger partial charge in [0.2, 0.25) is 0 Å². The molecule has 2 fully saturated rings. The number of aryl methyl sites for hydroxylation is 1. The maximum atomic E-state index is 15.6. The van der Waals surface area contributed by atoms with Crippen molar-refractivity contribution >= 4 is 16.7 Å². The van der Waals surface area contributed by atoms with Gasteiger partial charge in [0.1, 0.15) is 22.8 Å². The van der Waals surface area contributed by atoms with Crippen LogP contribution in [0.15, 0.2) is 24.4 Å². The van der Waals surface area contributed by atoms with Crippen LogP contribution in [-0.2, 0) is 0 Å². The number of phenols is 1. The van der Waals surface area contributed by atoms with Gasteiger partial charge >= 0.3 is 6.01 Å². The van der Waals surface area contributed by atoms with Crippen molar-refractivity contribution < 1.29 is 14.2 Å². The molecule has 0 radical (unpaired) electrons. The summed E-state index contributed by atoms with van der Waals surface area (Å²) in [4.78, 5) is 15.3. The summed E-state index contributed by atoms with van der Waals surface area (Å²) in [7, 11) is 1.47. The second kappa shape index (κ2) is 6.81. The molecule has 2 unspecified atom stereocenters. The van der Waals surface area contributed by atoms with Crippen molar-refractivity contribution in [1.82, 2.24) is 20.3 Å². The first-order valence-corrected chi connectivity index (χ1v) is 9.75. The largest absolute Gasteiger partial charge is 0.507 e. The molecule has 2 bridgehead atoms. The highest BCUT2D eigenvalue weighted by atomic mass is 19.1. The Bertz CT molecular complexity index is 1070. The van der Waals surface area contributed by atoms with Crippen molar-refractivity contribution in [2.45, 2.75) is 31.8 Å². The van der Waals surface area contributed by atoms with Gasteiger partial charge in [-0.15, -0.1) is 0 Å². The predicted molar refractivity (Wildman–Crippen MR) is 108 cm³/mol. The lowest BCUT2D eigenvalue weighted by molar-refractivity contribution is 0.380. The number of anilines is 1. The Morgan fingerprint density at radius 2 is 1.97 bits per heavy atom. The van der Waals surface area contributed by atoms with Gasteiger partial charge in [-0.05, 0) is 31.4 Å². The number of nitrogens with one attached hydrogen (secondary N) is 1. The molecule has 8 heteroatoms. The fourth-order valence-corrected chi connectivity index (χ4v) is 4.46. The monoisotopic (exact) mass is 395 g/mol. The molecule has 29 heavy (non-hydrogen) atoms. The number of methoxy groups -OCH3 is 1. The second-order valence-electron chi connectivity index (χ2n) is 7.73. The summed E-state index contributed by atoms with van der Waals surface area (Å²) in [6.45, 7) is 3.41. The average Bonchev–Trinajstić information content (AvgIpc) is 3.06. The van der Waals surface area contributed by atoms with E-state index >= 15 is 4.39 Å². The number of aromatic nitrogens is 3. The predicted octanol–water partition coefficient (Wildman–Crippen LogP) is 2.79. The van der Waals surface area contributed by atoms with Gasteiger partial charge in [0.25, 0.3) is 0 Å². The van der Waals surface area contributed by atoms with Crippen LogP contribution in [0.3, 0.4) is 0 Å². The Morgan fingerprint density at radius 3 is 2.66 bits per heavy atom. The van der Waals surface area contributed by atoms with E-state index in [1.54, 1.807) is 12.3 Å². The topological polar surface area (TPSA) is 83.4 Å². The van der Waals surface area contributed by atoms with Gasteiger partial charge < -0.3 is 20.1 Å². The third kappa shape index (κ3) is 2.95. The molecule has 2 aromatic heterocycles. The molecule has 0 aliphatic carbocycles. The van der Waals surface area contributed by atoms with Crippen molar-refractivity contribution in [3.8, 4) is 23.0 Å². The zero-order valence-corrected chi connectivity index (χ0v) is 16.3. The van der Waals surface area contributed by atoms with Gasteiger partial charge in [0.15, 0.2) is 5.82 Å². The van der Waals surface area contributed by atoms with E-state index in [-0.39, 0.29) is 23.0 Å². The number of ether oxygens (including phenoxy) is 1. The molecule has 2 saturated heterocycles. The molecule has 2 atom stereocenters. The Labute approximate surface area is 167 Å². The first-order valence-electron chi connectivity index (χ1n) is 9.75. The summed E-state index contributed by atoms with van der Waals surface area (Å²) in [5.74, 6) is 0.0278. The van der Waals surface area contributed by atoms with E-state index in [4.69, 9.17) is 4.74 Å². The highest BCUT2D eigenvalue weighted by molar-refractivity contribution is 5.92. The highest BCUT2D eigenvalue weighted by Crippen LogP contribution is 2.37. The van der Waals surface area contributed by atoms with Crippen LogP contribution >= 0.6 is 0 Å². The Morgan fingerprint density at radius 1 is 1.21 bits per heavy atom. The molecule has 1 aromatic carbocycles. The maximum absolute atomic E-state index is 15.6. The standard InChI is InChI=1S/C21H22FN5O2/c1-11-4-3-5-15(28)16(11)19-17(22)18-14(8-23-19)20(26-21(25-18)29-2)27-9-12-6-7-13(10-27)24-12/h3-5,8,12-13,24,28H,6-7,9-10H2,1-2H3. The lowest BCUT2D eigenvalue weighted by atomic mass is 10.0. The summed E-state index contributed by atoms with van der Waals surface area (Å²) in [5.41, 5.74) is 1.31. The quantitative estimate of drug-likeness (QED) is 0.706. The minimum Gasteiger partial charge on any atom is -0.507 e. The Kier molecular flexibility index (Phi) is 4.24. The van der Waals surface area contributed by atoms with Crippen LogP contribution in [0.4, 0.5) is 10.2 Å². The number of hydrogen-bond acceptors (Lipinski definition) is 7. The van der Waals surface area contributed by atoms with Crippen LogP contribution in [0.2, 0.25) is 0 Å². The maximum Gasteiger partial charge on any atom is 0.318 e. The van der Waals surface area contributed by atoms with E-state index in [0.29, 0.717) is 28.9 Å². The number of aromatic hydroxyl groups is 1. The molecule has 7 nitrogen and oxygen atoms in total. The Balaban J connectivity index is 1.69. The molecule has 0 saturated carbocycles. The van der Waals surface area contributed by atoms with Gasteiger partial charge in [-0.1, -0.05) is 12.1 Å². The first kappa shape index (κ1) is 18.1. The van der Waals surface area contributed by atoms with Gasteiger partial charge in [0.05, 0.1) is 12.5 Å². The number of pyridine rings is 1. The van der Waals surface area contributed by atoms with Crippen LogP contribution < -0.4 is 15.0 Å². The Hall–Kier alpha value is -3.00.